The molecule has 1 nitrogen and oxygen atoms in total. The van der Waals surface area contributed by atoms with Crippen LogP contribution >= 0.6 is 0 Å². The van der Waals surface area contributed by atoms with Gasteiger partial charge in [-0.3, -0.25) is 4.98 Å². The van der Waals surface area contributed by atoms with Crippen molar-refractivity contribution < 1.29 is 0 Å². The number of hydrogen-bond acceptors (Lipinski definition) is 1. The molecule has 0 amide bonds. The Balaban J connectivity index is 1.75. The Bertz CT molecular complexity index is 307. The van der Waals surface area contributed by atoms with Gasteiger partial charge in [-0.25, -0.2) is 0 Å². The summed E-state index contributed by atoms with van der Waals surface area (Å²) in [6.07, 6.45) is 23.6. The van der Waals surface area contributed by atoms with Crippen LogP contribution in [0.4, 0.5) is 0 Å². The first-order chi connectivity index (χ1) is 10.4. The van der Waals surface area contributed by atoms with E-state index < -0.39 is 0 Å². The van der Waals surface area contributed by atoms with E-state index in [1.807, 2.05) is 12.4 Å². The predicted octanol–water partition coefficient (Wildman–Crippen LogP) is 6.72. The van der Waals surface area contributed by atoms with E-state index in [1.54, 1.807) is 0 Å². The van der Waals surface area contributed by atoms with Crippen LogP contribution in [-0.4, -0.2) is 4.98 Å². The van der Waals surface area contributed by atoms with Crippen molar-refractivity contribution in [2.24, 2.45) is 0 Å². The number of pyridine rings is 1. The van der Waals surface area contributed by atoms with Gasteiger partial charge in [0.05, 0.1) is 0 Å². The van der Waals surface area contributed by atoms with Crippen LogP contribution < -0.4 is 0 Å². The first-order valence-electron chi connectivity index (χ1n) is 9.32. The summed E-state index contributed by atoms with van der Waals surface area (Å²) in [5, 5.41) is 0. The Hall–Kier alpha value is -0.850. The van der Waals surface area contributed by atoms with Gasteiger partial charge in [0.1, 0.15) is 0 Å². The number of aromatic nitrogens is 1. The van der Waals surface area contributed by atoms with Crippen LogP contribution in [0.3, 0.4) is 0 Å². The van der Waals surface area contributed by atoms with Gasteiger partial charge in [0, 0.05) is 12.4 Å². The molecule has 0 bridgehead atoms. The molecular weight excluding hydrogens is 254 g/mol. The summed E-state index contributed by atoms with van der Waals surface area (Å²) >= 11 is 0. The monoisotopic (exact) mass is 289 g/mol. The van der Waals surface area contributed by atoms with E-state index in [2.05, 4.69) is 24.0 Å². The van der Waals surface area contributed by atoms with Crippen molar-refractivity contribution in [2.75, 3.05) is 0 Å². The van der Waals surface area contributed by atoms with Gasteiger partial charge >= 0.3 is 0 Å². The molecule has 0 fully saturated rings. The summed E-state index contributed by atoms with van der Waals surface area (Å²) in [5.74, 6) is 0. The topological polar surface area (TPSA) is 12.9 Å². The number of rotatable bonds is 14. The fourth-order valence-corrected chi connectivity index (χ4v) is 2.90. The minimum absolute atomic E-state index is 1.22. The summed E-state index contributed by atoms with van der Waals surface area (Å²) in [7, 11) is 0. The zero-order valence-electron chi connectivity index (χ0n) is 14.2. The van der Waals surface area contributed by atoms with Gasteiger partial charge in [-0.05, 0) is 30.5 Å². The molecular formula is C20H35N. The smallest absolute Gasteiger partial charge is 0.0270 e. The molecule has 0 N–H and O–H groups in total. The summed E-state index contributed by atoms with van der Waals surface area (Å²) < 4.78 is 0. The fourth-order valence-electron chi connectivity index (χ4n) is 2.90. The van der Waals surface area contributed by atoms with E-state index in [0.29, 0.717) is 0 Å². The molecule has 0 aliphatic heterocycles. The second-order valence-electron chi connectivity index (χ2n) is 6.35. The Kier molecular flexibility index (Phi) is 12.2. The maximum atomic E-state index is 4.06. The number of aryl methyl sites for hydroxylation is 1. The first-order valence-corrected chi connectivity index (χ1v) is 9.32. The van der Waals surface area contributed by atoms with Crippen LogP contribution in [0.25, 0.3) is 0 Å². The van der Waals surface area contributed by atoms with Crippen molar-refractivity contribution in [1.82, 2.24) is 4.98 Å². The normalized spacial score (nSPS) is 10.9. The largest absolute Gasteiger partial charge is 0.265 e. The second-order valence-corrected chi connectivity index (χ2v) is 6.35. The lowest BCUT2D eigenvalue weighted by Gasteiger charge is -2.03. The third-order valence-electron chi connectivity index (χ3n) is 4.32. The van der Waals surface area contributed by atoms with Gasteiger partial charge < -0.3 is 0 Å². The molecule has 0 saturated heterocycles. The highest BCUT2D eigenvalue weighted by Gasteiger charge is 1.95. The Morgan fingerprint density at radius 1 is 0.619 bits per heavy atom. The Morgan fingerprint density at radius 2 is 1.05 bits per heavy atom. The zero-order chi connectivity index (χ0) is 15.0. The van der Waals surface area contributed by atoms with Gasteiger partial charge in [0.2, 0.25) is 0 Å². The van der Waals surface area contributed by atoms with E-state index in [1.165, 1.54) is 95.5 Å². The minimum atomic E-state index is 1.22. The summed E-state index contributed by atoms with van der Waals surface area (Å²) in [5.41, 5.74) is 1.44. The second kappa shape index (κ2) is 14.1. The molecule has 1 rings (SSSR count). The first kappa shape index (κ1) is 18.2. The van der Waals surface area contributed by atoms with Crippen molar-refractivity contribution in [3.05, 3.63) is 30.1 Å². The fraction of sp³-hybridized carbons (Fsp3) is 0.750. The molecule has 0 aliphatic rings. The van der Waals surface area contributed by atoms with Crippen molar-refractivity contribution in [3.63, 3.8) is 0 Å². The van der Waals surface area contributed by atoms with Crippen molar-refractivity contribution in [2.45, 2.75) is 96.8 Å². The van der Waals surface area contributed by atoms with Crippen LogP contribution in [0.5, 0.6) is 0 Å². The Labute approximate surface area is 132 Å². The molecule has 0 spiro atoms. The molecule has 0 aromatic carbocycles. The van der Waals surface area contributed by atoms with Crippen LogP contribution in [-0.2, 0) is 6.42 Å². The highest BCUT2D eigenvalue weighted by Crippen LogP contribution is 2.13. The molecule has 0 saturated carbocycles. The number of unbranched alkanes of at least 4 members (excludes halogenated alkanes) is 12. The molecule has 21 heavy (non-hydrogen) atoms. The van der Waals surface area contributed by atoms with E-state index in [4.69, 9.17) is 0 Å². The van der Waals surface area contributed by atoms with Gasteiger partial charge in [-0.1, -0.05) is 84.0 Å². The lowest BCUT2D eigenvalue weighted by molar-refractivity contribution is 0.539. The molecule has 1 aromatic heterocycles. The van der Waals surface area contributed by atoms with Crippen molar-refractivity contribution >= 4 is 0 Å². The summed E-state index contributed by atoms with van der Waals surface area (Å²) in [6, 6.07) is 4.28. The van der Waals surface area contributed by atoms with Gasteiger partial charge in [0.25, 0.3) is 0 Å². The SMILES string of the molecule is CCCCCCCCCCCCCCCc1ccncc1. The molecule has 0 unspecified atom stereocenters. The van der Waals surface area contributed by atoms with E-state index in [0.717, 1.165) is 0 Å². The van der Waals surface area contributed by atoms with Crippen LogP contribution in [0.1, 0.15) is 96.0 Å². The average molecular weight is 290 g/mol. The number of nitrogens with zero attached hydrogens (tertiary/aromatic N) is 1. The zero-order valence-corrected chi connectivity index (χ0v) is 14.2. The molecule has 1 heteroatoms. The van der Waals surface area contributed by atoms with Gasteiger partial charge in [-0.2, -0.15) is 0 Å². The van der Waals surface area contributed by atoms with Crippen LogP contribution in [0.15, 0.2) is 24.5 Å². The minimum Gasteiger partial charge on any atom is -0.265 e. The third-order valence-corrected chi connectivity index (χ3v) is 4.32. The summed E-state index contributed by atoms with van der Waals surface area (Å²) in [6.45, 7) is 2.29. The molecule has 0 atom stereocenters. The average Bonchev–Trinajstić information content (AvgIpc) is 2.53. The molecule has 1 heterocycles. The lowest BCUT2D eigenvalue weighted by Crippen LogP contribution is -1.87. The predicted molar refractivity (Wildman–Crippen MR) is 93.6 cm³/mol. The summed E-state index contributed by atoms with van der Waals surface area (Å²) in [4.78, 5) is 4.06. The van der Waals surface area contributed by atoms with Crippen LogP contribution in [0.2, 0.25) is 0 Å². The lowest BCUT2D eigenvalue weighted by atomic mass is 10.0. The van der Waals surface area contributed by atoms with Crippen LogP contribution in [0, 0.1) is 0 Å². The van der Waals surface area contributed by atoms with Gasteiger partial charge in [0.15, 0.2) is 0 Å². The van der Waals surface area contributed by atoms with E-state index >= 15 is 0 Å². The van der Waals surface area contributed by atoms with E-state index in [-0.39, 0.29) is 0 Å². The molecule has 120 valence electrons. The van der Waals surface area contributed by atoms with Gasteiger partial charge in [-0.15, -0.1) is 0 Å². The standard InChI is InChI=1S/C20H35N/c1-2-3-4-5-6-7-8-9-10-11-12-13-14-15-20-16-18-21-19-17-20/h16-19H,2-15H2,1H3. The van der Waals surface area contributed by atoms with Crippen molar-refractivity contribution in [1.29, 1.82) is 0 Å². The van der Waals surface area contributed by atoms with E-state index in [9.17, 15) is 0 Å². The molecule has 1 aromatic rings. The quantitative estimate of drug-likeness (QED) is 0.347. The Morgan fingerprint density at radius 3 is 1.52 bits per heavy atom. The maximum absolute atomic E-state index is 4.06. The molecule has 0 aliphatic carbocycles. The highest BCUT2D eigenvalue weighted by molar-refractivity contribution is 5.09. The highest BCUT2D eigenvalue weighted by atomic mass is 14.6. The number of hydrogen-bond donors (Lipinski definition) is 0. The van der Waals surface area contributed by atoms with Crippen molar-refractivity contribution in [3.8, 4) is 0 Å². The maximum Gasteiger partial charge on any atom is 0.0270 e. The third kappa shape index (κ3) is 11.5. The molecule has 0 radical (unpaired) electrons.